The maximum Gasteiger partial charge on any atom is 0.339 e. The molecule has 0 saturated heterocycles. The number of methoxy groups -OCH3 is 2. The number of aliphatic carboxylic acids is 1. The van der Waals surface area contributed by atoms with Gasteiger partial charge in [-0.3, -0.25) is 5.41 Å². The first-order valence-corrected chi connectivity index (χ1v) is 9.87. The highest BCUT2D eigenvalue weighted by Crippen LogP contribution is 2.45. The van der Waals surface area contributed by atoms with Crippen LogP contribution in [0.15, 0.2) is 54.8 Å². The molecule has 0 aliphatic heterocycles. The minimum absolute atomic E-state index is 0.0927. The number of carbonyl (C=O) groups is 1. The first-order valence-electron chi connectivity index (χ1n) is 8.99. The maximum absolute atomic E-state index is 11.8. The van der Waals surface area contributed by atoms with Gasteiger partial charge in [-0.15, -0.1) is 0 Å². The average molecular weight is 397 g/mol. The minimum Gasteiger partial charge on any atom is -0.503 e. The number of ether oxygens (including phenoxy) is 2. The lowest BCUT2D eigenvalue weighted by Crippen LogP contribution is -2.09. The van der Waals surface area contributed by atoms with Gasteiger partial charge in [0, 0.05) is 5.92 Å². The lowest BCUT2D eigenvalue weighted by molar-refractivity contribution is -0.130. The zero-order valence-electron chi connectivity index (χ0n) is 15.8. The first kappa shape index (κ1) is 20.0. The topological polar surface area (TPSA) is 79.6 Å². The molecule has 1 aliphatic rings. The van der Waals surface area contributed by atoms with Crippen LogP contribution in [0.5, 0.6) is 5.75 Å². The van der Waals surface area contributed by atoms with E-state index < -0.39 is 5.97 Å². The van der Waals surface area contributed by atoms with Crippen molar-refractivity contribution in [1.29, 1.82) is 5.41 Å². The van der Waals surface area contributed by atoms with Crippen molar-refractivity contribution in [3.05, 3.63) is 71.5 Å². The van der Waals surface area contributed by atoms with Crippen molar-refractivity contribution >= 4 is 28.3 Å². The number of benzene rings is 2. The molecule has 2 aromatic rings. The van der Waals surface area contributed by atoms with Gasteiger partial charge in [0.2, 0.25) is 0 Å². The highest BCUT2D eigenvalue weighted by Gasteiger charge is 2.31. The van der Waals surface area contributed by atoms with E-state index in [2.05, 4.69) is 0 Å². The summed E-state index contributed by atoms with van der Waals surface area (Å²) < 4.78 is 10.3. The Hall–Kier alpha value is -2.73. The summed E-state index contributed by atoms with van der Waals surface area (Å²) in [5.41, 5.74) is 2.52. The highest BCUT2D eigenvalue weighted by atomic mass is 32.2. The monoisotopic (exact) mass is 397 g/mol. The van der Waals surface area contributed by atoms with Gasteiger partial charge in [0.05, 0.1) is 30.8 Å². The van der Waals surface area contributed by atoms with Crippen molar-refractivity contribution in [2.75, 3.05) is 14.2 Å². The third-order valence-electron chi connectivity index (χ3n) is 4.61. The van der Waals surface area contributed by atoms with Crippen molar-refractivity contribution in [3.63, 3.8) is 0 Å². The standard InChI is InChI=1S/C22H23NO4S/c1-26-13-19(22(24)25)17-5-3-4-6-18(17)20(28-21(23)15-7-8-15)14-9-11-16(27-2)12-10-14/h3-6,9-13,15,20,23H,7-8H2,1-2H3,(H,24,25). The van der Waals surface area contributed by atoms with E-state index in [4.69, 9.17) is 14.9 Å². The van der Waals surface area contributed by atoms with Crippen LogP contribution in [0, 0.1) is 11.3 Å². The summed E-state index contributed by atoms with van der Waals surface area (Å²) in [5.74, 6) is 0.0278. The Balaban J connectivity index is 2.08. The Morgan fingerprint density at radius 3 is 2.43 bits per heavy atom. The molecule has 2 aromatic carbocycles. The first-order chi connectivity index (χ1) is 13.5. The molecule has 1 unspecified atom stereocenters. The van der Waals surface area contributed by atoms with Crippen LogP contribution in [0.2, 0.25) is 0 Å². The Morgan fingerprint density at radius 1 is 1.18 bits per heavy atom. The fraction of sp³-hybridized carbons (Fsp3) is 0.273. The van der Waals surface area contributed by atoms with Crippen LogP contribution in [0.4, 0.5) is 0 Å². The van der Waals surface area contributed by atoms with Crippen LogP contribution in [0.25, 0.3) is 5.57 Å². The molecule has 2 N–H and O–H groups in total. The number of thioether (sulfide) groups is 1. The maximum atomic E-state index is 11.8. The molecule has 0 radical (unpaired) electrons. The third-order valence-corrected chi connectivity index (χ3v) is 5.96. The summed E-state index contributed by atoms with van der Waals surface area (Å²) in [5, 5.41) is 18.6. The molecule has 3 rings (SSSR count). The highest BCUT2D eigenvalue weighted by molar-refractivity contribution is 8.14. The minimum atomic E-state index is -1.05. The number of carboxylic acids is 1. The molecular formula is C22H23NO4S. The molecular weight excluding hydrogens is 374 g/mol. The molecule has 1 saturated carbocycles. The Bertz CT molecular complexity index is 888. The lowest BCUT2D eigenvalue weighted by atomic mass is 9.95. The van der Waals surface area contributed by atoms with E-state index in [0.29, 0.717) is 16.5 Å². The predicted molar refractivity (Wildman–Crippen MR) is 112 cm³/mol. The zero-order chi connectivity index (χ0) is 20.1. The van der Waals surface area contributed by atoms with Gasteiger partial charge < -0.3 is 14.6 Å². The molecule has 0 bridgehead atoms. The number of hydrogen-bond donors (Lipinski definition) is 2. The fourth-order valence-electron chi connectivity index (χ4n) is 2.98. The summed E-state index contributed by atoms with van der Waals surface area (Å²) >= 11 is 1.48. The molecule has 0 heterocycles. The van der Waals surface area contributed by atoms with Crippen molar-refractivity contribution in [2.45, 2.75) is 18.1 Å². The van der Waals surface area contributed by atoms with Gasteiger partial charge >= 0.3 is 5.97 Å². The summed E-state index contributed by atoms with van der Waals surface area (Å²) in [7, 11) is 3.05. The van der Waals surface area contributed by atoms with Crippen molar-refractivity contribution in [2.24, 2.45) is 5.92 Å². The van der Waals surface area contributed by atoms with Gasteiger partial charge in [-0.1, -0.05) is 48.2 Å². The Labute approximate surface area is 168 Å². The van der Waals surface area contributed by atoms with Crippen LogP contribution in [0.3, 0.4) is 0 Å². The van der Waals surface area contributed by atoms with Gasteiger partial charge in [0.25, 0.3) is 0 Å². The van der Waals surface area contributed by atoms with Gasteiger partial charge in [-0.05, 0) is 41.7 Å². The van der Waals surface area contributed by atoms with Crippen LogP contribution < -0.4 is 4.74 Å². The zero-order valence-corrected chi connectivity index (χ0v) is 16.7. The molecule has 0 aromatic heterocycles. The largest absolute Gasteiger partial charge is 0.503 e. The fourth-order valence-corrected chi connectivity index (χ4v) is 4.28. The van der Waals surface area contributed by atoms with Crippen LogP contribution >= 0.6 is 11.8 Å². The third kappa shape index (κ3) is 4.57. The van der Waals surface area contributed by atoms with Crippen molar-refractivity contribution in [3.8, 4) is 5.75 Å². The molecule has 1 atom stereocenters. The smallest absolute Gasteiger partial charge is 0.339 e. The predicted octanol–water partition coefficient (Wildman–Crippen LogP) is 4.98. The van der Waals surface area contributed by atoms with Crippen LogP contribution in [0.1, 0.15) is 34.8 Å². The summed E-state index contributed by atoms with van der Waals surface area (Å²) in [6, 6.07) is 15.1. The molecule has 1 aliphatic carbocycles. The van der Waals surface area contributed by atoms with Crippen molar-refractivity contribution < 1.29 is 19.4 Å². The molecule has 28 heavy (non-hydrogen) atoms. The normalized spacial score (nSPS) is 15.0. The van der Waals surface area contributed by atoms with Gasteiger partial charge in [0.15, 0.2) is 0 Å². The Kier molecular flexibility index (Phi) is 6.41. The van der Waals surface area contributed by atoms with Gasteiger partial charge in [-0.25, -0.2) is 4.79 Å². The van der Waals surface area contributed by atoms with Gasteiger partial charge in [0.1, 0.15) is 11.3 Å². The molecule has 146 valence electrons. The summed E-state index contributed by atoms with van der Waals surface area (Å²) in [4.78, 5) is 11.8. The molecule has 5 nitrogen and oxygen atoms in total. The molecule has 0 amide bonds. The van der Waals surface area contributed by atoms with E-state index in [1.165, 1.54) is 25.1 Å². The second-order valence-electron chi connectivity index (χ2n) is 6.57. The van der Waals surface area contributed by atoms with E-state index >= 15 is 0 Å². The number of carboxylic acid groups (broad SMARTS) is 1. The summed E-state index contributed by atoms with van der Waals surface area (Å²) in [6.07, 6.45) is 3.35. The average Bonchev–Trinajstić information content (AvgIpc) is 3.55. The Morgan fingerprint density at radius 2 is 1.86 bits per heavy atom. The van der Waals surface area contributed by atoms with Crippen molar-refractivity contribution in [1.82, 2.24) is 0 Å². The van der Waals surface area contributed by atoms with Crippen LogP contribution in [-0.4, -0.2) is 30.3 Å². The quantitative estimate of drug-likeness (QED) is 0.284. The van der Waals surface area contributed by atoms with E-state index in [9.17, 15) is 9.90 Å². The molecule has 0 spiro atoms. The van der Waals surface area contributed by atoms with E-state index in [-0.39, 0.29) is 10.8 Å². The number of nitrogens with one attached hydrogen (secondary N) is 1. The number of rotatable bonds is 8. The summed E-state index contributed by atoms with van der Waals surface area (Å²) in [6.45, 7) is 0. The lowest BCUT2D eigenvalue weighted by Gasteiger charge is -2.21. The SMILES string of the molecule is COC=C(C(=O)O)c1ccccc1C(SC(=N)C1CC1)c1ccc(OC)cc1. The van der Waals surface area contributed by atoms with Crippen LogP contribution in [-0.2, 0) is 9.53 Å². The van der Waals surface area contributed by atoms with E-state index in [1.54, 1.807) is 13.2 Å². The van der Waals surface area contributed by atoms with E-state index in [1.807, 2.05) is 42.5 Å². The van der Waals surface area contributed by atoms with E-state index in [0.717, 1.165) is 29.7 Å². The second-order valence-corrected chi connectivity index (χ2v) is 7.72. The van der Waals surface area contributed by atoms with Gasteiger partial charge in [-0.2, -0.15) is 0 Å². The second kappa shape index (κ2) is 8.97. The molecule has 6 heteroatoms. The number of hydrogen-bond acceptors (Lipinski definition) is 5. The molecule has 1 fully saturated rings.